The van der Waals surface area contributed by atoms with Gasteiger partial charge in [0.15, 0.2) is 5.96 Å². The number of nitrogens with one attached hydrogen (secondary N) is 2. The molecule has 1 aliphatic heterocycles. The van der Waals surface area contributed by atoms with Crippen LogP contribution in [0, 0.1) is 0 Å². The van der Waals surface area contributed by atoms with Gasteiger partial charge in [0.1, 0.15) is 17.2 Å². The van der Waals surface area contributed by atoms with Crippen LogP contribution < -0.4 is 25.0 Å². The van der Waals surface area contributed by atoms with Crippen molar-refractivity contribution in [3.63, 3.8) is 0 Å². The van der Waals surface area contributed by atoms with Crippen molar-refractivity contribution in [2.45, 2.75) is 32.5 Å². The Morgan fingerprint density at radius 1 is 1.29 bits per heavy atom. The van der Waals surface area contributed by atoms with Gasteiger partial charge in [-0.25, -0.2) is 4.99 Å². The minimum absolute atomic E-state index is 0.0799. The van der Waals surface area contributed by atoms with Crippen LogP contribution in [0.2, 0.25) is 0 Å². The van der Waals surface area contributed by atoms with E-state index in [-0.39, 0.29) is 24.1 Å². The van der Waals surface area contributed by atoms with E-state index >= 15 is 0 Å². The summed E-state index contributed by atoms with van der Waals surface area (Å²) < 4.78 is 35.3. The zero-order valence-corrected chi connectivity index (χ0v) is 17.6. The normalized spacial score (nSPS) is 16.5. The third kappa shape index (κ3) is 6.13. The molecule has 1 unspecified atom stereocenters. The lowest BCUT2D eigenvalue weighted by Crippen LogP contribution is -2.44. The predicted molar refractivity (Wildman–Crippen MR) is 116 cm³/mol. The van der Waals surface area contributed by atoms with E-state index in [9.17, 15) is 13.9 Å². The Balaban J connectivity index is 1.66. The monoisotopic (exact) mass is 434 g/mol. The van der Waals surface area contributed by atoms with Crippen molar-refractivity contribution >= 4 is 11.6 Å². The van der Waals surface area contributed by atoms with Gasteiger partial charge in [0, 0.05) is 31.2 Å². The second kappa shape index (κ2) is 10.7. The van der Waals surface area contributed by atoms with Crippen LogP contribution in [0.5, 0.6) is 17.2 Å². The Bertz CT molecular complexity index is 895. The molecule has 2 aromatic carbocycles. The highest BCUT2D eigenvalue weighted by Crippen LogP contribution is 2.31. The Morgan fingerprint density at radius 2 is 2.10 bits per heavy atom. The first kappa shape index (κ1) is 22.5. The van der Waals surface area contributed by atoms with Gasteiger partial charge in [0.05, 0.1) is 19.3 Å². The highest BCUT2D eigenvalue weighted by molar-refractivity contribution is 5.80. The van der Waals surface area contributed by atoms with Gasteiger partial charge in [-0.1, -0.05) is 12.1 Å². The summed E-state index contributed by atoms with van der Waals surface area (Å²) in [5.41, 5.74) is 1.30. The van der Waals surface area contributed by atoms with E-state index in [1.54, 1.807) is 49.6 Å². The quantitative estimate of drug-likeness (QED) is 0.437. The maximum atomic E-state index is 12.7. The number of benzene rings is 2. The van der Waals surface area contributed by atoms with E-state index in [0.717, 1.165) is 6.42 Å². The van der Waals surface area contributed by atoms with Crippen molar-refractivity contribution in [1.82, 2.24) is 10.6 Å². The maximum Gasteiger partial charge on any atom is 0.387 e. The summed E-state index contributed by atoms with van der Waals surface area (Å²) in [5.74, 6) is 1.60. The summed E-state index contributed by atoms with van der Waals surface area (Å²) >= 11 is 0. The van der Waals surface area contributed by atoms with Gasteiger partial charge in [-0.2, -0.15) is 8.78 Å². The number of ether oxygens (including phenoxy) is 2. The third-order valence-electron chi connectivity index (χ3n) is 4.99. The van der Waals surface area contributed by atoms with Crippen LogP contribution in [-0.4, -0.2) is 50.5 Å². The van der Waals surface area contributed by atoms with Crippen molar-refractivity contribution in [1.29, 1.82) is 0 Å². The SMILES string of the molecule is CCNC(=NCc1cc(OC)ccc1O)NC1CCN(c2ccccc2OC(F)F)C1. The van der Waals surface area contributed by atoms with Crippen LogP contribution in [0.4, 0.5) is 14.5 Å². The average molecular weight is 434 g/mol. The largest absolute Gasteiger partial charge is 0.508 e. The molecule has 168 valence electrons. The molecule has 0 aromatic heterocycles. The smallest absolute Gasteiger partial charge is 0.387 e. The Hall–Kier alpha value is -3.23. The van der Waals surface area contributed by atoms with Gasteiger partial charge in [-0.3, -0.25) is 0 Å². The molecule has 0 radical (unpaired) electrons. The molecule has 9 heteroatoms. The molecule has 31 heavy (non-hydrogen) atoms. The fraction of sp³-hybridized carbons (Fsp3) is 0.409. The first-order valence-electron chi connectivity index (χ1n) is 10.2. The number of aliphatic imine (C=N–C) groups is 1. The number of alkyl halides is 2. The number of methoxy groups -OCH3 is 1. The van der Waals surface area contributed by atoms with E-state index in [4.69, 9.17) is 4.74 Å². The molecule has 1 heterocycles. The minimum atomic E-state index is -2.86. The van der Waals surface area contributed by atoms with Gasteiger partial charge >= 0.3 is 6.61 Å². The molecule has 0 aliphatic carbocycles. The number of hydrogen-bond acceptors (Lipinski definition) is 5. The Morgan fingerprint density at radius 3 is 2.84 bits per heavy atom. The van der Waals surface area contributed by atoms with Crippen LogP contribution in [-0.2, 0) is 6.54 Å². The van der Waals surface area contributed by atoms with E-state index in [1.807, 2.05) is 11.8 Å². The molecule has 0 amide bonds. The summed E-state index contributed by atoms with van der Waals surface area (Å²) in [6.45, 7) is 1.39. The zero-order valence-electron chi connectivity index (χ0n) is 17.6. The minimum Gasteiger partial charge on any atom is -0.508 e. The topological polar surface area (TPSA) is 78.4 Å². The standard InChI is InChI=1S/C22H28F2N4O3/c1-3-25-22(26-13-15-12-17(30-2)8-9-19(15)29)27-16-10-11-28(14-16)18-6-4-5-7-20(18)31-21(23)24/h4-9,12,16,21,29H,3,10-11,13-14H2,1-2H3,(H2,25,26,27). The van der Waals surface area contributed by atoms with Gasteiger partial charge in [0.2, 0.25) is 0 Å². The number of nitrogens with zero attached hydrogens (tertiary/aromatic N) is 2. The highest BCUT2D eigenvalue weighted by atomic mass is 19.3. The maximum absolute atomic E-state index is 12.7. The highest BCUT2D eigenvalue weighted by Gasteiger charge is 2.26. The Kier molecular flexibility index (Phi) is 7.75. The number of phenolic OH excluding ortho intramolecular Hbond substituents is 1. The molecule has 1 aliphatic rings. The van der Waals surface area contributed by atoms with Crippen molar-refractivity contribution in [2.24, 2.45) is 4.99 Å². The van der Waals surface area contributed by atoms with Crippen LogP contribution >= 0.6 is 0 Å². The summed E-state index contributed by atoms with van der Waals surface area (Å²) in [5, 5.41) is 16.7. The third-order valence-corrected chi connectivity index (χ3v) is 4.99. The lowest BCUT2D eigenvalue weighted by atomic mass is 10.2. The van der Waals surface area contributed by atoms with Crippen LogP contribution in [0.25, 0.3) is 0 Å². The molecule has 1 fully saturated rings. The van der Waals surface area contributed by atoms with Crippen molar-refractivity contribution < 1.29 is 23.4 Å². The van der Waals surface area contributed by atoms with E-state index < -0.39 is 6.61 Å². The van der Waals surface area contributed by atoms with Gasteiger partial charge < -0.3 is 30.1 Å². The molecule has 7 nitrogen and oxygen atoms in total. The van der Waals surface area contributed by atoms with Gasteiger partial charge in [-0.15, -0.1) is 0 Å². The van der Waals surface area contributed by atoms with E-state index in [2.05, 4.69) is 20.4 Å². The van der Waals surface area contributed by atoms with Crippen LogP contribution in [0.15, 0.2) is 47.5 Å². The number of aromatic hydroxyl groups is 1. The van der Waals surface area contributed by atoms with Crippen molar-refractivity contribution in [3.05, 3.63) is 48.0 Å². The summed E-state index contributed by atoms with van der Waals surface area (Å²) in [4.78, 5) is 6.60. The number of guanidine groups is 1. The molecule has 1 saturated heterocycles. The average Bonchev–Trinajstić information content (AvgIpc) is 3.21. The molecule has 0 bridgehead atoms. The zero-order chi connectivity index (χ0) is 22.2. The molecule has 3 N–H and O–H groups in total. The molecule has 0 saturated carbocycles. The first-order valence-corrected chi connectivity index (χ1v) is 10.2. The second-order valence-electron chi connectivity index (χ2n) is 7.11. The van der Waals surface area contributed by atoms with Gasteiger partial charge in [0.25, 0.3) is 0 Å². The van der Waals surface area contributed by atoms with E-state index in [0.29, 0.717) is 42.6 Å². The summed E-state index contributed by atoms with van der Waals surface area (Å²) in [7, 11) is 1.57. The molecule has 1 atom stereocenters. The Labute approximate surface area is 180 Å². The van der Waals surface area contributed by atoms with Crippen LogP contribution in [0.3, 0.4) is 0 Å². The number of phenols is 1. The molecular weight excluding hydrogens is 406 g/mol. The lowest BCUT2D eigenvalue weighted by Gasteiger charge is -2.22. The number of hydrogen-bond donors (Lipinski definition) is 3. The number of para-hydroxylation sites is 2. The molecule has 0 spiro atoms. The molecular formula is C22H28F2N4O3. The van der Waals surface area contributed by atoms with E-state index in [1.165, 1.54) is 0 Å². The van der Waals surface area contributed by atoms with Crippen molar-refractivity contribution in [3.8, 4) is 17.2 Å². The fourth-order valence-electron chi connectivity index (χ4n) is 3.50. The summed E-state index contributed by atoms with van der Waals surface area (Å²) in [6.07, 6.45) is 0.817. The number of halogens is 2. The first-order chi connectivity index (χ1) is 15.0. The van der Waals surface area contributed by atoms with Gasteiger partial charge in [-0.05, 0) is 43.7 Å². The fourth-order valence-corrected chi connectivity index (χ4v) is 3.50. The number of anilines is 1. The van der Waals surface area contributed by atoms with Crippen LogP contribution in [0.1, 0.15) is 18.9 Å². The summed E-state index contributed by atoms with van der Waals surface area (Å²) in [6, 6.07) is 11.9. The second-order valence-corrected chi connectivity index (χ2v) is 7.11. The molecule has 2 aromatic rings. The number of rotatable bonds is 8. The van der Waals surface area contributed by atoms with Crippen molar-refractivity contribution in [2.75, 3.05) is 31.6 Å². The predicted octanol–water partition coefficient (Wildman–Crippen LogP) is 3.34. The molecule has 3 rings (SSSR count). The lowest BCUT2D eigenvalue weighted by molar-refractivity contribution is -0.0495.